The van der Waals surface area contributed by atoms with Gasteiger partial charge in [0.1, 0.15) is 5.58 Å². The molecule has 0 bridgehead atoms. The van der Waals surface area contributed by atoms with Crippen LogP contribution in [0.2, 0.25) is 0 Å². The maximum atomic E-state index is 11.0. The molecule has 3 aromatic carbocycles. The monoisotopic (exact) mass is 380 g/mol. The molecule has 0 atom stereocenters. The third-order valence-corrected chi connectivity index (χ3v) is 5.34. The van der Waals surface area contributed by atoms with Crippen molar-refractivity contribution in [1.29, 1.82) is 0 Å². The highest BCUT2D eigenvalue weighted by atomic mass is 16.4. The van der Waals surface area contributed by atoms with E-state index in [2.05, 4.69) is 4.98 Å². The number of aromatic hydroxyl groups is 1. The summed E-state index contributed by atoms with van der Waals surface area (Å²) in [5.74, 6) is -0.586. The quantitative estimate of drug-likeness (QED) is 0.362. The zero-order valence-corrected chi connectivity index (χ0v) is 16.3. The third kappa shape index (κ3) is 2.87. The zero-order valence-electron chi connectivity index (χ0n) is 17.3. The molecule has 0 spiro atoms. The molecule has 29 heavy (non-hydrogen) atoms. The van der Waals surface area contributed by atoms with Crippen LogP contribution in [0, 0.1) is 0 Å². The number of pyridine rings is 1. The number of phenols is 1. The molecule has 0 radical (unpaired) electrons. The van der Waals surface area contributed by atoms with Crippen LogP contribution in [0.4, 0.5) is 0 Å². The summed E-state index contributed by atoms with van der Waals surface area (Å²) in [6, 6.07) is 23.4. The van der Waals surface area contributed by atoms with Crippen LogP contribution in [0.5, 0.6) is 5.75 Å². The lowest BCUT2D eigenvalue weighted by Gasteiger charge is -2.07. The number of hydrogen-bond acceptors (Lipinski definition) is 3. The summed E-state index contributed by atoms with van der Waals surface area (Å²) in [5.41, 5.74) is 5.30. The zero-order chi connectivity index (χ0) is 20.9. The summed E-state index contributed by atoms with van der Waals surface area (Å²) in [6.45, 7) is 3.72. The van der Waals surface area contributed by atoms with Gasteiger partial charge in [0.15, 0.2) is 11.3 Å². The van der Waals surface area contributed by atoms with E-state index in [9.17, 15) is 5.11 Å². The van der Waals surface area contributed by atoms with Crippen LogP contribution in [-0.2, 0) is 0 Å². The molecule has 5 aromatic rings. The predicted octanol–water partition coefficient (Wildman–Crippen LogP) is 7.14. The second kappa shape index (κ2) is 6.78. The first-order valence-electron chi connectivity index (χ1n) is 10.1. The Hall–Kier alpha value is -3.59. The lowest BCUT2D eigenvalue weighted by atomic mass is 9.99. The molecule has 0 unspecified atom stereocenters. The van der Waals surface area contributed by atoms with Gasteiger partial charge >= 0.3 is 0 Å². The fraction of sp³-hybridized carbons (Fsp3) is 0.115. The SMILES string of the molecule is [2H]C(C)(C)c1ccnc(-c2cccc3c2oc2c(O)c(-c4ccccc4)ccc23)c1. The standard InChI is InChI=1S/C26H21NO2/c1-16(2)18-13-14-27-23(15-18)22-10-6-9-20-21-12-11-19(17-7-4-3-5-8-17)24(28)26(21)29-25(20)22/h3-16,28H,1-2H3/i16D. The molecule has 0 aliphatic rings. The van der Waals surface area contributed by atoms with E-state index in [-0.39, 0.29) is 5.75 Å². The second-order valence-electron chi connectivity index (χ2n) is 7.42. The second-order valence-corrected chi connectivity index (χ2v) is 7.42. The predicted molar refractivity (Wildman–Crippen MR) is 118 cm³/mol. The van der Waals surface area contributed by atoms with E-state index in [0.717, 1.165) is 38.7 Å². The first-order chi connectivity index (χ1) is 14.4. The Bertz CT molecular complexity index is 1380. The van der Waals surface area contributed by atoms with Crippen LogP contribution in [0.3, 0.4) is 0 Å². The van der Waals surface area contributed by atoms with Gasteiger partial charge in [-0.1, -0.05) is 56.3 Å². The molecular weight excluding hydrogens is 358 g/mol. The summed E-state index contributed by atoms with van der Waals surface area (Å²) in [4.78, 5) is 4.53. The van der Waals surface area contributed by atoms with Crippen LogP contribution < -0.4 is 0 Å². The number of nitrogens with zero attached hydrogens (tertiary/aromatic N) is 1. The van der Waals surface area contributed by atoms with Gasteiger partial charge in [0.2, 0.25) is 0 Å². The molecule has 2 aromatic heterocycles. The van der Waals surface area contributed by atoms with E-state index in [1.807, 2.05) is 86.6 Å². The highest BCUT2D eigenvalue weighted by Crippen LogP contribution is 2.42. The molecule has 0 aliphatic carbocycles. The van der Waals surface area contributed by atoms with Crippen molar-refractivity contribution in [3.8, 4) is 28.1 Å². The smallest absolute Gasteiger partial charge is 0.177 e. The van der Waals surface area contributed by atoms with Gasteiger partial charge in [0, 0.05) is 29.5 Å². The molecular formula is C26H21NO2. The number of benzene rings is 3. The van der Waals surface area contributed by atoms with Crippen molar-refractivity contribution in [3.05, 3.63) is 84.6 Å². The van der Waals surface area contributed by atoms with Gasteiger partial charge in [-0.25, -0.2) is 0 Å². The van der Waals surface area contributed by atoms with Gasteiger partial charge in [-0.2, -0.15) is 0 Å². The number of para-hydroxylation sites is 1. The van der Waals surface area contributed by atoms with E-state index in [1.54, 1.807) is 6.20 Å². The molecule has 0 amide bonds. The van der Waals surface area contributed by atoms with E-state index < -0.39 is 5.89 Å². The van der Waals surface area contributed by atoms with Crippen molar-refractivity contribution < 1.29 is 10.9 Å². The number of aromatic nitrogens is 1. The van der Waals surface area contributed by atoms with E-state index in [0.29, 0.717) is 11.2 Å². The summed E-state index contributed by atoms with van der Waals surface area (Å²) in [7, 11) is 0. The maximum Gasteiger partial charge on any atom is 0.177 e. The van der Waals surface area contributed by atoms with Gasteiger partial charge in [0.25, 0.3) is 0 Å². The minimum atomic E-state index is -0.720. The Kier molecular flexibility index (Phi) is 3.83. The summed E-state index contributed by atoms with van der Waals surface area (Å²) < 4.78 is 14.6. The number of hydrogen-bond donors (Lipinski definition) is 1. The van der Waals surface area contributed by atoms with Crippen molar-refractivity contribution >= 4 is 21.9 Å². The number of rotatable bonds is 3. The average Bonchev–Trinajstić information content (AvgIpc) is 3.14. The van der Waals surface area contributed by atoms with Crippen LogP contribution >= 0.6 is 0 Å². The molecule has 3 heteroatoms. The highest BCUT2D eigenvalue weighted by Gasteiger charge is 2.18. The number of phenolic OH excluding ortho intramolecular Hbond substituents is 1. The molecule has 142 valence electrons. The topological polar surface area (TPSA) is 46.3 Å². The largest absolute Gasteiger partial charge is 0.504 e. The molecule has 1 N–H and O–H groups in total. The molecule has 3 nitrogen and oxygen atoms in total. The minimum absolute atomic E-state index is 0.134. The first kappa shape index (κ1) is 16.4. The summed E-state index contributed by atoms with van der Waals surface area (Å²) in [6.07, 6.45) is 1.73. The van der Waals surface area contributed by atoms with Gasteiger partial charge < -0.3 is 9.52 Å². The van der Waals surface area contributed by atoms with E-state index in [1.165, 1.54) is 0 Å². The summed E-state index contributed by atoms with van der Waals surface area (Å²) in [5, 5.41) is 12.8. The van der Waals surface area contributed by atoms with E-state index >= 15 is 0 Å². The van der Waals surface area contributed by atoms with Crippen molar-refractivity contribution in [2.45, 2.75) is 19.7 Å². The maximum absolute atomic E-state index is 11.0. The van der Waals surface area contributed by atoms with Crippen molar-refractivity contribution in [3.63, 3.8) is 0 Å². The Morgan fingerprint density at radius 3 is 2.45 bits per heavy atom. The lowest BCUT2D eigenvalue weighted by molar-refractivity contribution is 0.471. The van der Waals surface area contributed by atoms with Gasteiger partial charge in [-0.3, -0.25) is 4.98 Å². The van der Waals surface area contributed by atoms with Crippen LogP contribution in [0.1, 0.15) is 26.7 Å². The van der Waals surface area contributed by atoms with Gasteiger partial charge in [0.05, 0.1) is 5.69 Å². The molecule has 0 saturated heterocycles. The minimum Gasteiger partial charge on any atom is -0.504 e. The number of fused-ring (bicyclic) bond motifs is 3. The third-order valence-electron chi connectivity index (χ3n) is 5.34. The summed E-state index contributed by atoms with van der Waals surface area (Å²) >= 11 is 0. The van der Waals surface area contributed by atoms with Crippen molar-refractivity contribution in [2.75, 3.05) is 0 Å². The van der Waals surface area contributed by atoms with Gasteiger partial charge in [-0.05, 0) is 47.4 Å². The van der Waals surface area contributed by atoms with Crippen LogP contribution in [0.25, 0.3) is 44.3 Å². The number of furan rings is 1. The lowest BCUT2D eigenvalue weighted by Crippen LogP contribution is -1.90. The molecule has 5 rings (SSSR count). The van der Waals surface area contributed by atoms with Crippen molar-refractivity contribution in [1.82, 2.24) is 4.98 Å². The van der Waals surface area contributed by atoms with Crippen molar-refractivity contribution in [2.24, 2.45) is 0 Å². The van der Waals surface area contributed by atoms with E-state index in [4.69, 9.17) is 5.79 Å². The molecule has 0 aliphatic heterocycles. The Balaban J connectivity index is 1.75. The Labute approximate surface area is 170 Å². The molecule has 0 fully saturated rings. The first-order valence-corrected chi connectivity index (χ1v) is 9.63. The normalized spacial score (nSPS) is 12.4. The Morgan fingerprint density at radius 1 is 0.862 bits per heavy atom. The van der Waals surface area contributed by atoms with Crippen LogP contribution in [-0.4, -0.2) is 10.1 Å². The Morgan fingerprint density at radius 2 is 1.66 bits per heavy atom. The molecule has 0 saturated carbocycles. The average molecular weight is 380 g/mol. The molecule has 2 heterocycles. The highest BCUT2D eigenvalue weighted by molar-refractivity contribution is 6.12. The fourth-order valence-electron chi connectivity index (χ4n) is 3.79. The van der Waals surface area contributed by atoms with Gasteiger partial charge in [-0.15, -0.1) is 0 Å². The van der Waals surface area contributed by atoms with Crippen LogP contribution in [0.15, 0.2) is 83.4 Å². The fourth-order valence-corrected chi connectivity index (χ4v) is 3.79.